The van der Waals surface area contributed by atoms with Gasteiger partial charge in [-0.3, -0.25) is 4.79 Å². The summed E-state index contributed by atoms with van der Waals surface area (Å²) in [6, 6.07) is 0. The van der Waals surface area contributed by atoms with Crippen LogP contribution in [0.25, 0.3) is 0 Å². The molecule has 0 saturated heterocycles. The van der Waals surface area contributed by atoms with Gasteiger partial charge in [0.1, 0.15) is 0 Å². The fourth-order valence-corrected chi connectivity index (χ4v) is 0.747. The van der Waals surface area contributed by atoms with E-state index >= 15 is 0 Å². The molecule has 0 rings (SSSR count). The lowest BCUT2D eigenvalue weighted by Crippen LogP contribution is -2.08. The van der Waals surface area contributed by atoms with Crippen molar-refractivity contribution in [2.24, 2.45) is 0 Å². The van der Waals surface area contributed by atoms with E-state index in [-0.39, 0.29) is 13.2 Å². The molecule has 0 aromatic carbocycles. The molecule has 0 radical (unpaired) electrons. The number of aliphatic hydroxyl groups excluding tert-OH is 1. The van der Waals surface area contributed by atoms with Crippen molar-refractivity contribution in [3.8, 4) is 0 Å². The maximum absolute atomic E-state index is 10.9. The minimum absolute atomic E-state index is 0.0400. The Labute approximate surface area is 92.8 Å². The van der Waals surface area contributed by atoms with E-state index in [9.17, 15) is 14.4 Å². The van der Waals surface area contributed by atoms with Crippen molar-refractivity contribution >= 4 is 17.9 Å². The topological polar surface area (TPSA) is 89.9 Å². The average Bonchev–Trinajstić information content (AvgIpc) is 2.20. The standard InChI is InChI=1S/C10H14O6/c1-8(12)16-10(14)5-4-9(13)15-7-3-2-6-11/h4-5,11H,2-3,6-7H2,1H3/b5-4-. The van der Waals surface area contributed by atoms with Crippen LogP contribution >= 0.6 is 0 Å². The van der Waals surface area contributed by atoms with Gasteiger partial charge >= 0.3 is 17.9 Å². The molecule has 0 fully saturated rings. The molecule has 0 aliphatic heterocycles. The van der Waals surface area contributed by atoms with Gasteiger partial charge in [0.25, 0.3) is 0 Å². The van der Waals surface area contributed by atoms with E-state index in [4.69, 9.17) is 5.11 Å². The molecule has 6 nitrogen and oxygen atoms in total. The van der Waals surface area contributed by atoms with E-state index in [1.807, 2.05) is 0 Å². The second-order valence-corrected chi connectivity index (χ2v) is 2.84. The van der Waals surface area contributed by atoms with Crippen molar-refractivity contribution in [3.05, 3.63) is 12.2 Å². The zero-order valence-corrected chi connectivity index (χ0v) is 8.97. The van der Waals surface area contributed by atoms with E-state index in [1.54, 1.807) is 0 Å². The Morgan fingerprint density at radius 3 is 2.31 bits per heavy atom. The number of rotatable bonds is 6. The SMILES string of the molecule is CC(=O)OC(=O)/C=C\C(=O)OCCCCO. The summed E-state index contributed by atoms with van der Waals surface area (Å²) in [5.74, 6) is -2.36. The number of aliphatic hydroxyl groups is 1. The van der Waals surface area contributed by atoms with E-state index in [0.717, 1.165) is 19.1 Å². The van der Waals surface area contributed by atoms with Crippen LogP contribution in [0.4, 0.5) is 0 Å². The molecule has 6 heteroatoms. The number of carbonyl (C=O) groups excluding carboxylic acids is 3. The maximum atomic E-state index is 10.9. The monoisotopic (exact) mass is 230 g/mol. The molecule has 0 aliphatic rings. The van der Waals surface area contributed by atoms with E-state index < -0.39 is 17.9 Å². The smallest absolute Gasteiger partial charge is 0.338 e. The van der Waals surface area contributed by atoms with Gasteiger partial charge in [-0.05, 0) is 12.8 Å². The third-order valence-corrected chi connectivity index (χ3v) is 1.40. The van der Waals surface area contributed by atoms with Crippen LogP contribution in [0.3, 0.4) is 0 Å². The highest BCUT2D eigenvalue weighted by molar-refractivity contribution is 5.95. The van der Waals surface area contributed by atoms with Crippen LogP contribution in [0.15, 0.2) is 12.2 Å². The first kappa shape index (κ1) is 14.3. The summed E-state index contributed by atoms with van der Waals surface area (Å²) in [5, 5.41) is 8.44. The molecular formula is C10H14O6. The third-order valence-electron chi connectivity index (χ3n) is 1.40. The summed E-state index contributed by atoms with van der Waals surface area (Å²) in [6.45, 7) is 1.29. The Bertz CT molecular complexity index is 281. The number of hydrogen-bond donors (Lipinski definition) is 1. The average molecular weight is 230 g/mol. The molecule has 0 bridgehead atoms. The van der Waals surface area contributed by atoms with Crippen LogP contribution in [0, 0.1) is 0 Å². The fraction of sp³-hybridized carbons (Fsp3) is 0.500. The largest absolute Gasteiger partial charge is 0.463 e. The molecule has 0 unspecified atom stereocenters. The molecule has 0 atom stereocenters. The van der Waals surface area contributed by atoms with Gasteiger partial charge in [-0.25, -0.2) is 9.59 Å². The number of unbranched alkanes of at least 4 members (excludes halogenated alkanes) is 1. The minimum Gasteiger partial charge on any atom is -0.463 e. The first-order valence-electron chi connectivity index (χ1n) is 4.74. The number of ether oxygens (including phenoxy) is 2. The summed E-state index contributed by atoms with van der Waals surface area (Å²) >= 11 is 0. The Morgan fingerprint density at radius 1 is 1.12 bits per heavy atom. The lowest BCUT2D eigenvalue weighted by atomic mass is 10.3. The summed E-state index contributed by atoms with van der Waals surface area (Å²) in [5.41, 5.74) is 0. The first-order valence-corrected chi connectivity index (χ1v) is 4.74. The molecule has 90 valence electrons. The van der Waals surface area contributed by atoms with Crippen molar-refractivity contribution < 1.29 is 29.0 Å². The summed E-state index contributed by atoms with van der Waals surface area (Å²) in [6.07, 6.45) is 2.79. The summed E-state index contributed by atoms with van der Waals surface area (Å²) in [4.78, 5) is 32.0. The highest BCUT2D eigenvalue weighted by atomic mass is 16.6. The molecule has 0 aromatic rings. The first-order chi connectivity index (χ1) is 7.56. The molecule has 1 N–H and O–H groups in total. The van der Waals surface area contributed by atoms with Crippen molar-refractivity contribution in [2.45, 2.75) is 19.8 Å². The van der Waals surface area contributed by atoms with E-state index in [0.29, 0.717) is 12.8 Å². The Hall–Kier alpha value is -1.69. The van der Waals surface area contributed by atoms with E-state index in [1.165, 1.54) is 0 Å². The Kier molecular flexibility index (Phi) is 7.70. The van der Waals surface area contributed by atoms with Crippen molar-refractivity contribution in [1.82, 2.24) is 0 Å². The molecular weight excluding hydrogens is 216 g/mol. The molecule has 0 aliphatic carbocycles. The second-order valence-electron chi connectivity index (χ2n) is 2.84. The van der Waals surface area contributed by atoms with Gasteiger partial charge < -0.3 is 14.6 Å². The van der Waals surface area contributed by atoms with Crippen LogP contribution in [0.2, 0.25) is 0 Å². The van der Waals surface area contributed by atoms with Gasteiger partial charge in [0.15, 0.2) is 0 Å². The number of carbonyl (C=O) groups is 3. The molecule has 0 spiro atoms. The van der Waals surface area contributed by atoms with E-state index in [2.05, 4.69) is 9.47 Å². The number of esters is 3. The summed E-state index contributed by atoms with van der Waals surface area (Å²) in [7, 11) is 0. The van der Waals surface area contributed by atoms with Gasteiger partial charge in [-0.1, -0.05) is 0 Å². The molecule has 0 amide bonds. The third kappa shape index (κ3) is 8.89. The number of hydrogen-bond acceptors (Lipinski definition) is 6. The predicted molar refractivity (Wildman–Crippen MR) is 53.2 cm³/mol. The zero-order chi connectivity index (χ0) is 12.4. The van der Waals surface area contributed by atoms with Crippen LogP contribution in [-0.4, -0.2) is 36.2 Å². The van der Waals surface area contributed by atoms with Gasteiger partial charge in [0.2, 0.25) is 0 Å². The highest BCUT2D eigenvalue weighted by Gasteiger charge is 2.02. The summed E-state index contributed by atoms with van der Waals surface area (Å²) < 4.78 is 8.81. The highest BCUT2D eigenvalue weighted by Crippen LogP contribution is 1.91. The van der Waals surface area contributed by atoms with Crippen LogP contribution < -0.4 is 0 Å². The Morgan fingerprint density at radius 2 is 1.75 bits per heavy atom. The van der Waals surface area contributed by atoms with Crippen molar-refractivity contribution in [2.75, 3.05) is 13.2 Å². The second kappa shape index (κ2) is 8.60. The van der Waals surface area contributed by atoms with Crippen LogP contribution in [-0.2, 0) is 23.9 Å². The molecule has 16 heavy (non-hydrogen) atoms. The van der Waals surface area contributed by atoms with Crippen molar-refractivity contribution in [3.63, 3.8) is 0 Å². The molecule has 0 heterocycles. The van der Waals surface area contributed by atoms with Crippen LogP contribution in [0.1, 0.15) is 19.8 Å². The van der Waals surface area contributed by atoms with Crippen molar-refractivity contribution in [1.29, 1.82) is 0 Å². The van der Waals surface area contributed by atoms with Crippen LogP contribution in [0.5, 0.6) is 0 Å². The fourth-order valence-electron chi connectivity index (χ4n) is 0.747. The lowest BCUT2D eigenvalue weighted by Gasteiger charge is -1.99. The maximum Gasteiger partial charge on any atom is 0.338 e. The van der Waals surface area contributed by atoms with Gasteiger partial charge in [-0.15, -0.1) is 0 Å². The molecule has 0 saturated carbocycles. The normalized spacial score (nSPS) is 10.1. The van der Waals surface area contributed by atoms with Gasteiger partial charge in [0, 0.05) is 25.7 Å². The lowest BCUT2D eigenvalue weighted by molar-refractivity contribution is -0.154. The predicted octanol–water partition coefficient (Wildman–Crippen LogP) is -0.0520. The molecule has 0 aromatic heterocycles. The zero-order valence-electron chi connectivity index (χ0n) is 8.97. The van der Waals surface area contributed by atoms with Gasteiger partial charge in [-0.2, -0.15) is 0 Å². The Balaban J connectivity index is 3.73. The quantitative estimate of drug-likeness (QED) is 0.298. The minimum atomic E-state index is -0.917. The van der Waals surface area contributed by atoms with Gasteiger partial charge in [0.05, 0.1) is 6.61 Å².